The second-order valence-corrected chi connectivity index (χ2v) is 17.4. The zero-order valence-electron chi connectivity index (χ0n) is 36.3. The fraction of sp³-hybridized carbons (Fsp3) is 0.622. The van der Waals surface area contributed by atoms with Crippen LogP contribution in [0, 0.1) is 6.92 Å². The van der Waals surface area contributed by atoms with E-state index in [1.807, 2.05) is 42.2 Å². The van der Waals surface area contributed by atoms with E-state index in [9.17, 15) is 24.0 Å². The van der Waals surface area contributed by atoms with Crippen LogP contribution in [0.3, 0.4) is 0 Å². The number of carbonyl (C=O) groups is 4. The van der Waals surface area contributed by atoms with Gasteiger partial charge in [0, 0.05) is 110 Å². The molecule has 0 unspecified atom stereocenters. The molecule has 0 spiro atoms. The smallest absolute Gasteiger partial charge is 0.419 e. The molecule has 4 fully saturated rings. The van der Waals surface area contributed by atoms with Gasteiger partial charge in [0.25, 0.3) is 5.91 Å². The molecule has 6 heterocycles. The number of urea groups is 1. The number of para-hydroxylation sites is 1. The number of nitrogens with one attached hydrogen (secondary N) is 1. The molecule has 1 N–H and O–H groups in total. The number of anilines is 1. The third-order valence-corrected chi connectivity index (χ3v) is 13.4. The molecule has 0 aliphatic carbocycles. The lowest BCUT2D eigenvalue weighted by Gasteiger charge is -2.43. The normalized spacial score (nSPS) is 20.7. The maximum Gasteiger partial charge on any atom is 0.419 e. The predicted molar refractivity (Wildman–Crippen MR) is 231 cm³/mol. The Balaban J connectivity index is 0.838. The quantitative estimate of drug-likeness (QED) is 0.210. The van der Waals surface area contributed by atoms with Gasteiger partial charge in [-0.2, -0.15) is 0 Å². The van der Waals surface area contributed by atoms with Gasteiger partial charge in [0.05, 0.1) is 31.9 Å². The summed E-state index contributed by atoms with van der Waals surface area (Å²) in [5, 5.41) is 3.05. The second kappa shape index (κ2) is 20.0. The van der Waals surface area contributed by atoms with Gasteiger partial charge >= 0.3 is 23.8 Å². The average Bonchev–Trinajstić information content (AvgIpc) is 3.46. The third kappa shape index (κ3) is 10.4. The number of hydrogen-bond donors (Lipinski definition) is 1. The highest BCUT2D eigenvalue weighted by atomic mass is 16.6. The van der Waals surface area contributed by atoms with Crippen molar-refractivity contribution in [1.29, 1.82) is 0 Å². The van der Waals surface area contributed by atoms with Crippen LogP contribution >= 0.6 is 0 Å². The Hall–Kier alpha value is -4.97. The number of aryl methyl sites for hydroxylation is 2. The summed E-state index contributed by atoms with van der Waals surface area (Å²) in [6.07, 6.45) is 3.12. The van der Waals surface area contributed by atoms with Crippen LogP contribution in [-0.4, -0.2) is 181 Å². The van der Waals surface area contributed by atoms with E-state index in [4.69, 9.17) is 18.6 Å². The summed E-state index contributed by atoms with van der Waals surface area (Å²) in [7, 11) is 1.66. The Morgan fingerprint density at radius 2 is 1.56 bits per heavy atom. The lowest BCUT2D eigenvalue weighted by molar-refractivity contribution is -0.145. The summed E-state index contributed by atoms with van der Waals surface area (Å²) in [6, 6.07) is 11.7. The number of morpholine rings is 1. The number of esters is 1. The lowest BCUT2D eigenvalue weighted by atomic mass is 10.0. The molecule has 17 heteroatoms. The van der Waals surface area contributed by atoms with Crippen molar-refractivity contribution in [2.45, 2.75) is 70.1 Å². The molecule has 1 aromatic heterocycles. The van der Waals surface area contributed by atoms with Gasteiger partial charge in [0.15, 0.2) is 11.7 Å². The molecule has 4 saturated heterocycles. The molecule has 336 valence electrons. The summed E-state index contributed by atoms with van der Waals surface area (Å²) in [5.74, 6) is -0.893. The summed E-state index contributed by atoms with van der Waals surface area (Å²) in [6.45, 7) is 12.3. The summed E-state index contributed by atoms with van der Waals surface area (Å²) in [5.41, 5.74) is 4.59. The summed E-state index contributed by atoms with van der Waals surface area (Å²) >= 11 is 0. The number of likely N-dealkylation sites (tertiary alicyclic amines) is 2. The molecule has 5 aliphatic rings. The van der Waals surface area contributed by atoms with Crippen molar-refractivity contribution in [2.75, 3.05) is 110 Å². The average molecular weight is 859 g/mol. The van der Waals surface area contributed by atoms with Gasteiger partial charge in [-0.3, -0.25) is 28.9 Å². The number of nitrogens with zero attached hydrogens (tertiary/aromatic N) is 7. The van der Waals surface area contributed by atoms with Crippen LogP contribution in [0.1, 0.15) is 48.8 Å². The van der Waals surface area contributed by atoms with Crippen LogP contribution in [0.25, 0.3) is 11.1 Å². The molecular weight excluding hydrogens is 797 g/mol. The van der Waals surface area contributed by atoms with E-state index in [1.165, 1.54) is 4.57 Å². The molecule has 8 rings (SSSR count). The molecule has 3 aromatic rings. The lowest BCUT2D eigenvalue weighted by Crippen LogP contribution is -2.57. The number of hydrogen-bond acceptors (Lipinski definition) is 12. The monoisotopic (exact) mass is 858 g/mol. The molecule has 17 nitrogen and oxygen atoms in total. The van der Waals surface area contributed by atoms with E-state index >= 15 is 0 Å². The number of aromatic nitrogens is 1. The number of benzene rings is 2. The minimum absolute atomic E-state index is 0.0260. The fourth-order valence-electron chi connectivity index (χ4n) is 9.87. The van der Waals surface area contributed by atoms with E-state index in [1.54, 1.807) is 22.9 Å². The van der Waals surface area contributed by atoms with Crippen LogP contribution < -0.4 is 11.1 Å². The van der Waals surface area contributed by atoms with Crippen molar-refractivity contribution in [2.24, 2.45) is 7.05 Å². The van der Waals surface area contributed by atoms with Gasteiger partial charge in [-0.05, 0) is 74.3 Å². The van der Waals surface area contributed by atoms with Gasteiger partial charge in [0.1, 0.15) is 0 Å². The Morgan fingerprint density at radius 1 is 0.839 bits per heavy atom. The molecule has 0 saturated carbocycles. The number of oxazole rings is 1. The van der Waals surface area contributed by atoms with Gasteiger partial charge in [0.2, 0.25) is 0 Å². The van der Waals surface area contributed by atoms with Gasteiger partial charge in [-0.25, -0.2) is 14.4 Å². The zero-order chi connectivity index (χ0) is 43.2. The number of piperidine rings is 2. The molecule has 0 radical (unpaired) electrons. The van der Waals surface area contributed by atoms with E-state index in [0.717, 1.165) is 94.0 Å². The highest BCUT2D eigenvalue weighted by Crippen LogP contribution is 2.27. The van der Waals surface area contributed by atoms with Crippen LogP contribution in [0.4, 0.5) is 15.3 Å². The summed E-state index contributed by atoms with van der Waals surface area (Å²) < 4.78 is 24.1. The molecule has 2 aromatic carbocycles. The van der Waals surface area contributed by atoms with E-state index in [0.29, 0.717) is 88.9 Å². The van der Waals surface area contributed by atoms with Crippen molar-refractivity contribution in [1.82, 2.24) is 34.0 Å². The first kappa shape index (κ1) is 43.7. The second-order valence-electron chi connectivity index (χ2n) is 17.4. The van der Waals surface area contributed by atoms with Crippen molar-refractivity contribution < 1.29 is 37.8 Å². The zero-order valence-corrected chi connectivity index (χ0v) is 36.3. The Morgan fingerprint density at radius 3 is 2.32 bits per heavy atom. The van der Waals surface area contributed by atoms with Gasteiger partial charge in [-0.15, -0.1) is 0 Å². The number of piperazine rings is 1. The first-order chi connectivity index (χ1) is 30.1. The Labute approximate surface area is 362 Å². The van der Waals surface area contributed by atoms with E-state index in [-0.39, 0.29) is 30.4 Å². The molecular formula is C45H62N8O9. The van der Waals surface area contributed by atoms with Crippen LogP contribution in [0.2, 0.25) is 0 Å². The molecule has 0 bridgehead atoms. The van der Waals surface area contributed by atoms with Crippen molar-refractivity contribution in [3.8, 4) is 0 Å². The van der Waals surface area contributed by atoms with E-state index in [2.05, 4.69) is 20.0 Å². The number of amides is 4. The minimum atomic E-state index is -1.09. The number of rotatable bonds is 12. The van der Waals surface area contributed by atoms with Crippen LogP contribution in [-0.2, 0) is 43.7 Å². The van der Waals surface area contributed by atoms with Gasteiger partial charge in [-0.1, -0.05) is 24.3 Å². The maximum absolute atomic E-state index is 14.4. The van der Waals surface area contributed by atoms with Crippen LogP contribution in [0.15, 0.2) is 45.6 Å². The topological polar surface area (TPSA) is 163 Å². The first-order valence-electron chi connectivity index (χ1n) is 22.5. The van der Waals surface area contributed by atoms with Crippen molar-refractivity contribution in [3.05, 3.63) is 63.6 Å². The number of carbonyl (C=O) groups excluding carboxylic acids is 4. The fourth-order valence-corrected chi connectivity index (χ4v) is 9.87. The molecule has 4 amide bonds. The number of fused-ring (bicyclic) bond motifs is 2. The Kier molecular flexibility index (Phi) is 14.1. The maximum atomic E-state index is 14.4. The number of ether oxygens (including phenoxy) is 3. The summed E-state index contributed by atoms with van der Waals surface area (Å²) in [4.78, 5) is 78.7. The highest BCUT2D eigenvalue weighted by Gasteiger charge is 2.37. The first-order valence-corrected chi connectivity index (χ1v) is 22.5. The minimum Gasteiger partial charge on any atom is -0.465 e. The largest absolute Gasteiger partial charge is 0.465 e. The van der Waals surface area contributed by atoms with E-state index < -0.39 is 18.0 Å². The Bertz CT molecular complexity index is 2110. The highest BCUT2D eigenvalue weighted by molar-refractivity contribution is 5.91. The SMILES string of the molecule is Cc1cc(C[C@@H](OC(=O)N2CCC(N3CCc4ccccc4NC3=O)CC2)C(=O)N2CCN(C3CCN(CC(=O)OCCCN4CCOCC4)CC3)CC2)cc2oc(=O)n(C)c12. The third-order valence-electron chi connectivity index (χ3n) is 13.4. The standard InChI is InChI=1S/C45H62N8O9/c1-32-28-33(29-38-41(32)47(2)44(57)61-38)30-39(62-45(58)52-16-11-36(12-17-52)53-18-8-34-6-3-4-7-37(34)46-43(53)56)42(55)51-21-19-50(20-22-51)35-9-14-49(15-10-35)31-40(54)60-25-5-13-48-23-26-59-27-24-48/h3-4,6-7,28-29,35-36,39H,5,8-27,30-31H2,1-2H3,(H,46,56)/t39-/m1/s1. The molecule has 1 atom stereocenters. The van der Waals surface area contributed by atoms with Crippen molar-refractivity contribution >= 4 is 40.8 Å². The molecule has 5 aliphatic heterocycles. The van der Waals surface area contributed by atoms with Crippen LogP contribution in [0.5, 0.6) is 0 Å². The van der Waals surface area contributed by atoms with Gasteiger partial charge < -0.3 is 38.6 Å². The molecule has 62 heavy (non-hydrogen) atoms. The predicted octanol–water partition coefficient (Wildman–Crippen LogP) is 2.92. The van der Waals surface area contributed by atoms with Crippen molar-refractivity contribution in [3.63, 3.8) is 0 Å².